The van der Waals surface area contributed by atoms with Crippen LogP contribution in [0.5, 0.6) is 0 Å². The predicted octanol–water partition coefficient (Wildman–Crippen LogP) is 8.45. The molecule has 0 saturated heterocycles. The minimum Gasteiger partial charge on any atom is -0.308 e. The molecule has 0 amide bonds. The molecule has 1 fully saturated rings. The van der Waals surface area contributed by atoms with Crippen LogP contribution < -0.4 is 0 Å². The summed E-state index contributed by atoms with van der Waals surface area (Å²) in [6, 6.07) is 33.0. The van der Waals surface area contributed by atoms with Gasteiger partial charge >= 0.3 is 0 Å². The lowest BCUT2D eigenvalue weighted by atomic mass is 9.65. The Labute approximate surface area is 196 Å². The molecular formula is C32H29N. The molecule has 0 aromatic heterocycles. The molecule has 3 unspecified atom stereocenters. The lowest BCUT2D eigenvalue weighted by molar-refractivity contribution is 0.289. The minimum absolute atomic E-state index is 0.402. The van der Waals surface area contributed by atoms with E-state index in [9.17, 15) is 0 Å². The van der Waals surface area contributed by atoms with Gasteiger partial charge in [-0.05, 0) is 63.3 Å². The van der Waals surface area contributed by atoms with Gasteiger partial charge in [-0.15, -0.1) is 0 Å². The Morgan fingerprint density at radius 2 is 1.45 bits per heavy atom. The van der Waals surface area contributed by atoms with Crippen molar-refractivity contribution < 1.29 is 0 Å². The van der Waals surface area contributed by atoms with E-state index in [-0.39, 0.29) is 0 Å². The van der Waals surface area contributed by atoms with Crippen LogP contribution in [0.1, 0.15) is 65.3 Å². The third-order valence-electron chi connectivity index (χ3n) is 7.88. The highest BCUT2D eigenvalue weighted by Gasteiger charge is 2.39. The highest BCUT2D eigenvalue weighted by atomic mass is 14.4. The molecule has 2 aliphatic carbocycles. The Bertz CT molecular complexity index is 1350. The van der Waals surface area contributed by atoms with Gasteiger partial charge < -0.3 is 5.41 Å². The Balaban J connectivity index is 1.50. The van der Waals surface area contributed by atoms with E-state index in [1.165, 1.54) is 64.3 Å². The van der Waals surface area contributed by atoms with Crippen LogP contribution in [0.15, 0.2) is 91.0 Å². The van der Waals surface area contributed by atoms with E-state index < -0.39 is 0 Å². The van der Waals surface area contributed by atoms with E-state index in [4.69, 9.17) is 5.41 Å². The number of hydrogen-bond acceptors (Lipinski definition) is 1. The van der Waals surface area contributed by atoms with Gasteiger partial charge in [-0.2, -0.15) is 0 Å². The molecule has 6 rings (SSSR count). The van der Waals surface area contributed by atoms with Gasteiger partial charge in [0, 0.05) is 17.7 Å². The van der Waals surface area contributed by atoms with Gasteiger partial charge in [-0.25, -0.2) is 0 Å². The monoisotopic (exact) mass is 427 g/mol. The van der Waals surface area contributed by atoms with E-state index in [0.29, 0.717) is 17.8 Å². The van der Waals surface area contributed by atoms with Gasteiger partial charge in [0.15, 0.2) is 0 Å². The summed E-state index contributed by atoms with van der Waals surface area (Å²) >= 11 is 0. The predicted molar refractivity (Wildman–Crippen MR) is 140 cm³/mol. The molecular weight excluding hydrogens is 398 g/mol. The average Bonchev–Trinajstić information content (AvgIpc) is 3.28. The fraction of sp³-hybridized carbons (Fsp3) is 0.219. The molecule has 33 heavy (non-hydrogen) atoms. The lowest BCUT2D eigenvalue weighted by Crippen LogP contribution is -2.25. The number of fused-ring (bicyclic) bond motifs is 2. The summed E-state index contributed by atoms with van der Waals surface area (Å²) in [4.78, 5) is 0. The molecule has 0 spiro atoms. The molecule has 1 saturated carbocycles. The first-order valence-corrected chi connectivity index (χ1v) is 12.2. The van der Waals surface area contributed by atoms with Crippen molar-refractivity contribution in [1.29, 1.82) is 5.41 Å². The van der Waals surface area contributed by atoms with Crippen molar-refractivity contribution in [3.05, 3.63) is 119 Å². The fourth-order valence-corrected chi connectivity index (χ4v) is 6.45. The molecule has 0 heterocycles. The van der Waals surface area contributed by atoms with E-state index >= 15 is 0 Å². The first kappa shape index (κ1) is 20.2. The van der Waals surface area contributed by atoms with Gasteiger partial charge in [0.1, 0.15) is 0 Å². The molecule has 0 radical (unpaired) electrons. The largest absolute Gasteiger partial charge is 0.308 e. The number of benzene rings is 4. The number of allylic oxidation sites excluding steroid dienone is 1. The number of nitrogens with one attached hydrogen (secondary N) is 1. The second-order valence-corrected chi connectivity index (χ2v) is 9.56. The van der Waals surface area contributed by atoms with Crippen LogP contribution in [-0.4, -0.2) is 6.21 Å². The van der Waals surface area contributed by atoms with Crippen molar-refractivity contribution in [3.8, 4) is 0 Å². The molecule has 1 N–H and O–H groups in total. The minimum atomic E-state index is 0.402. The molecule has 4 aromatic carbocycles. The molecule has 3 atom stereocenters. The Morgan fingerprint density at radius 3 is 2.33 bits per heavy atom. The average molecular weight is 428 g/mol. The second kappa shape index (κ2) is 8.48. The van der Waals surface area contributed by atoms with Crippen molar-refractivity contribution in [2.45, 2.75) is 37.5 Å². The van der Waals surface area contributed by atoms with Gasteiger partial charge in [-0.3, -0.25) is 0 Å². The van der Waals surface area contributed by atoms with Crippen molar-refractivity contribution in [2.24, 2.45) is 5.92 Å². The maximum Gasteiger partial charge on any atom is 0.0259 e. The van der Waals surface area contributed by atoms with Crippen molar-refractivity contribution >= 4 is 28.6 Å². The highest BCUT2D eigenvalue weighted by molar-refractivity contribution is 6.00. The second-order valence-electron chi connectivity index (χ2n) is 9.56. The summed E-state index contributed by atoms with van der Waals surface area (Å²) < 4.78 is 0. The topological polar surface area (TPSA) is 23.9 Å². The number of rotatable bonds is 4. The SMILES string of the molecule is N=Cc1c(C2CCCCC2C2C(c3ccccc3)=Cc3ccccc32)ccc2ccccc12. The maximum absolute atomic E-state index is 8.32. The first-order chi connectivity index (χ1) is 16.3. The normalized spacial score (nSPS) is 22.1. The zero-order valence-corrected chi connectivity index (χ0v) is 18.9. The fourth-order valence-electron chi connectivity index (χ4n) is 6.45. The number of hydrogen-bond donors (Lipinski definition) is 1. The van der Waals surface area contributed by atoms with Crippen molar-refractivity contribution in [3.63, 3.8) is 0 Å². The van der Waals surface area contributed by atoms with Crippen LogP contribution in [0.2, 0.25) is 0 Å². The zero-order valence-electron chi connectivity index (χ0n) is 18.9. The summed E-state index contributed by atoms with van der Waals surface area (Å²) in [6.07, 6.45) is 9.01. The first-order valence-electron chi connectivity index (χ1n) is 12.2. The lowest BCUT2D eigenvalue weighted by Gasteiger charge is -2.38. The standard InChI is InChI=1S/C32H29N/c33-21-31-25-14-6-4-12-23(25)18-19-28(31)27-16-8-9-17-29(27)32-26-15-7-5-13-24(26)20-30(32)22-10-2-1-3-11-22/h1-7,10-15,18-21,27,29,32-33H,8-9,16-17H2. The quantitative estimate of drug-likeness (QED) is 0.316. The molecule has 1 heteroatoms. The Morgan fingerprint density at radius 1 is 0.697 bits per heavy atom. The van der Waals surface area contributed by atoms with E-state index in [1.807, 2.05) is 0 Å². The molecule has 0 aliphatic heterocycles. The summed E-state index contributed by atoms with van der Waals surface area (Å²) in [6.45, 7) is 0. The van der Waals surface area contributed by atoms with E-state index in [1.54, 1.807) is 6.21 Å². The molecule has 1 nitrogen and oxygen atoms in total. The Hall–Kier alpha value is -3.45. The van der Waals surface area contributed by atoms with Crippen LogP contribution >= 0.6 is 0 Å². The summed E-state index contributed by atoms with van der Waals surface area (Å²) in [7, 11) is 0. The van der Waals surface area contributed by atoms with Crippen molar-refractivity contribution in [1.82, 2.24) is 0 Å². The highest BCUT2D eigenvalue weighted by Crippen LogP contribution is 2.54. The van der Waals surface area contributed by atoms with Crippen LogP contribution in [0, 0.1) is 11.3 Å². The van der Waals surface area contributed by atoms with E-state index in [2.05, 4.69) is 97.1 Å². The molecule has 0 bridgehead atoms. The van der Waals surface area contributed by atoms with Crippen LogP contribution in [-0.2, 0) is 0 Å². The van der Waals surface area contributed by atoms with E-state index in [0.717, 1.165) is 5.56 Å². The smallest absolute Gasteiger partial charge is 0.0259 e. The van der Waals surface area contributed by atoms with Gasteiger partial charge in [-0.1, -0.05) is 110 Å². The molecule has 162 valence electrons. The Kier molecular flexibility index (Phi) is 5.19. The van der Waals surface area contributed by atoms with Gasteiger partial charge in [0.05, 0.1) is 0 Å². The van der Waals surface area contributed by atoms with Crippen molar-refractivity contribution in [2.75, 3.05) is 0 Å². The maximum atomic E-state index is 8.32. The molecule has 2 aliphatic rings. The van der Waals surface area contributed by atoms with Crippen LogP contribution in [0.4, 0.5) is 0 Å². The summed E-state index contributed by atoms with van der Waals surface area (Å²) in [5.41, 5.74) is 8.13. The third kappa shape index (κ3) is 3.43. The molecule has 4 aromatic rings. The summed E-state index contributed by atoms with van der Waals surface area (Å²) in [5, 5.41) is 10.7. The third-order valence-corrected chi connectivity index (χ3v) is 7.88. The van der Waals surface area contributed by atoms with Gasteiger partial charge in [0.2, 0.25) is 0 Å². The van der Waals surface area contributed by atoms with Crippen LogP contribution in [0.3, 0.4) is 0 Å². The van der Waals surface area contributed by atoms with Crippen LogP contribution in [0.25, 0.3) is 22.4 Å². The summed E-state index contributed by atoms with van der Waals surface area (Å²) in [5.74, 6) is 1.40. The zero-order chi connectivity index (χ0) is 22.2. The van der Waals surface area contributed by atoms with Gasteiger partial charge in [0.25, 0.3) is 0 Å².